The molecule has 1 aliphatic heterocycles. The highest BCUT2D eigenvalue weighted by Crippen LogP contribution is 2.21. The van der Waals surface area contributed by atoms with Crippen molar-refractivity contribution in [2.45, 2.75) is 26.2 Å². The van der Waals surface area contributed by atoms with Crippen LogP contribution in [-0.4, -0.2) is 34.7 Å². The van der Waals surface area contributed by atoms with Gasteiger partial charge < -0.3 is 15.5 Å². The minimum Gasteiger partial charge on any atom is -0.363 e. The molecule has 1 fully saturated rings. The van der Waals surface area contributed by atoms with E-state index in [2.05, 4.69) is 25.5 Å². The number of thiocarbonyl (C=S) groups is 1. The second-order valence-corrected chi connectivity index (χ2v) is 5.20. The lowest BCUT2D eigenvalue weighted by Crippen LogP contribution is -2.31. The van der Waals surface area contributed by atoms with Gasteiger partial charge in [0.15, 0.2) is 5.11 Å². The van der Waals surface area contributed by atoms with Crippen molar-refractivity contribution in [2.24, 2.45) is 0 Å². The van der Waals surface area contributed by atoms with Crippen LogP contribution in [-0.2, 0) is 0 Å². The maximum absolute atomic E-state index is 6.05. The number of halogens is 1. The molecule has 1 aliphatic rings. The molecule has 0 amide bonds. The summed E-state index contributed by atoms with van der Waals surface area (Å²) >= 11 is 11.2. The van der Waals surface area contributed by atoms with E-state index in [-0.39, 0.29) is 0 Å². The minimum atomic E-state index is 0.428. The fourth-order valence-corrected chi connectivity index (χ4v) is 2.47. The Balaban J connectivity index is 2.11. The van der Waals surface area contributed by atoms with Gasteiger partial charge >= 0.3 is 0 Å². The van der Waals surface area contributed by atoms with Crippen LogP contribution < -0.4 is 15.5 Å². The minimum absolute atomic E-state index is 0.428. The molecule has 0 atom stereocenters. The summed E-state index contributed by atoms with van der Waals surface area (Å²) in [6.07, 6.45) is 3.67. The Hall–Kier alpha value is -1.14. The molecule has 1 aromatic heterocycles. The predicted octanol–water partition coefficient (Wildman–Crippen LogP) is 2.43. The Morgan fingerprint density at radius 3 is 2.79 bits per heavy atom. The number of anilines is 2. The van der Waals surface area contributed by atoms with Crippen LogP contribution in [0.3, 0.4) is 0 Å². The summed E-state index contributed by atoms with van der Waals surface area (Å²) in [6, 6.07) is 1.80. The van der Waals surface area contributed by atoms with Crippen molar-refractivity contribution in [3.8, 4) is 0 Å². The third kappa shape index (κ3) is 4.18. The topological polar surface area (TPSA) is 53.1 Å². The summed E-state index contributed by atoms with van der Waals surface area (Å²) < 4.78 is 0. The lowest BCUT2D eigenvalue weighted by molar-refractivity contribution is 0.573. The van der Waals surface area contributed by atoms with E-state index in [4.69, 9.17) is 23.8 Å². The van der Waals surface area contributed by atoms with Crippen LogP contribution >= 0.6 is 23.8 Å². The number of piperidine rings is 1. The van der Waals surface area contributed by atoms with Crippen LogP contribution in [0, 0.1) is 0 Å². The predicted molar refractivity (Wildman–Crippen MR) is 83.0 cm³/mol. The molecule has 104 valence electrons. The Bertz CT molecular complexity index is 448. The van der Waals surface area contributed by atoms with Gasteiger partial charge in [-0.05, 0) is 38.4 Å². The summed E-state index contributed by atoms with van der Waals surface area (Å²) in [5.74, 6) is 1.31. The van der Waals surface area contributed by atoms with E-state index >= 15 is 0 Å². The van der Waals surface area contributed by atoms with Gasteiger partial charge in [-0.3, -0.25) is 0 Å². The molecule has 1 aromatic rings. The monoisotopic (exact) mass is 299 g/mol. The Morgan fingerprint density at radius 1 is 1.37 bits per heavy atom. The highest BCUT2D eigenvalue weighted by molar-refractivity contribution is 7.80. The number of hydrogen-bond donors (Lipinski definition) is 2. The summed E-state index contributed by atoms with van der Waals surface area (Å²) in [4.78, 5) is 10.8. The molecule has 0 aromatic carbocycles. The maximum Gasteiger partial charge on any atom is 0.232 e. The van der Waals surface area contributed by atoms with Gasteiger partial charge in [-0.1, -0.05) is 11.6 Å². The highest BCUT2D eigenvalue weighted by Gasteiger charge is 2.14. The average Bonchev–Trinajstić information content (AvgIpc) is 2.39. The molecule has 0 spiro atoms. The zero-order valence-electron chi connectivity index (χ0n) is 10.9. The molecule has 0 saturated carbocycles. The molecule has 0 aliphatic carbocycles. The van der Waals surface area contributed by atoms with Gasteiger partial charge in [0.25, 0.3) is 0 Å². The Labute approximate surface area is 123 Å². The molecule has 2 N–H and O–H groups in total. The quantitative estimate of drug-likeness (QED) is 0.660. The van der Waals surface area contributed by atoms with E-state index < -0.39 is 0 Å². The van der Waals surface area contributed by atoms with Crippen molar-refractivity contribution < 1.29 is 0 Å². The SMILES string of the molecule is CCNC(=S)Nc1nc(Cl)cc(N2CCCCC2)n1. The lowest BCUT2D eigenvalue weighted by atomic mass is 10.1. The Kier molecular flexibility index (Phi) is 5.15. The van der Waals surface area contributed by atoms with Crippen molar-refractivity contribution in [1.82, 2.24) is 15.3 Å². The van der Waals surface area contributed by atoms with E-state index in [0.29, 0.717) is 16.2 Å². The van der Waals surface area contributed by atoms with E-state index in [9.17, 15) is 0 Å². The molecule has 19 heavy (non-hydrogen) atoms. The molecule has 0 bridgehead atoms. The number of aromatic nitrogens is 2. The first-order valence-corrected chi connectivity index (χ1v) is 7.32. The van der Waals surface area contributed by atoms with E-state index in [1.54, 1.807) is 6.07 Å². The lowest BCUT2D eigenvalue weighted by Gasteiger charge is -2.27. The molecule has 5 nitrogen and oxygen atoms in total. The van der Waals surface area contributed by atoms with Crippen molar-refractivity contribution in [3.63, 3.8) is 0 Å². The molecule has 7 heteroatoms. The van der Waals surface area contributed by atoms with Crippen LogP contribution in [0.15, 0.2) is 6.07 Å². The fraction of sp³-hybridized carbons (Fsp3) is 0.583. The second-order valence-electron chi connectivity index (χ2n) is 4.40. The van der Waals surface area contributed by atoms with Gasteiger partial charge in [0.05, 0.1) is 0 Å². The van der Waals surface area contributed by atoms with Crippen LogP contribution in [0.2, 0.25) is 5.15 Å². The number of nitrogens with zero attached hydrogens (tertiary/aromatic N) is 3. The number of nitrogens with one attached hydrogen (secondary N) is 2. The molecule has 2 rings (SSSR count). The summed E-state index contributed by atoms with van der Waals surface area (Å²) in [7, 11) is 0. The molecule has 1 saturated heterocycles. The Morgan fingerprint density at radius 2 is 2.11 bits per heavy atom. The van der Waals surface area contributed by atoms with Crippen LogP contribution in [0.5, 0.6) is 0 Å². The zero-order chi connectivity index (χ0) is 13.7. The van der Waals surface area contributed by atoms with Crippen molar-refractivity contribution >= 4 is 40.7 Å². The highest BCUT2D eigenvalue weighted by atomic mass is 35.5. The maximum atomic E-state index is 6.05. The first-order chi connectivity index (χ1) is 9.19. The third-order valence-corrected chi connectivity index (χ3v) is 3.36. The first-order valence-electron chi connectivity index (χ1n) is 6.53. The summed E-state index contributed by atoms with van der Waals surface area (Å²) in [5, 5.41) is 6.88. The average molecular weight is 300 g/mol. The van der Waals surface area contributed by atoms with Gasteiger partial charge in [-0.2, -0.15) is 4.98 Å². The van der Waals surface area contributed by atoms with E-state index in [0.717, 1.165) is 25.5 Å². The molecule has 0 unspecified atom stereocenters. The van der Waals surface area contributed by atoms with Crippen LogP contribution in [0.4, 0.5) is 11.8 Å². The van der Waals surface area contributed by atoms with Crippen molar-refractivity contribution in [3.05, 3.63) is 11.2 Å². The van der Waals surface area contributed by atoms with Crippen LogP contribution in [0.25, 0.3) is 0 Å². The standard InChI is InChI=1S/C12H18ClN5S/c1-2-14-12(19)17-11-15-9(13)8-10(16-11)18-6-4-3-5-7-18/h8H,2-7H2,1H3,(H2,14,15,16,17,19). The summed E-state index contributed by atoms with van der Waals surface area (Å²) in [5.41, 5.74) is 0. The molecule has 2 heterocycles. The van der Waals surface area contributed by atoms with Gasteiger partial charge in [0, 0.05) is 25.7 Å². The van der Waals surface area contributed by atoms with Gasteiger partial charge in [-0.25, -0.2) is 4.98 Å². The van der Waals surface area contributed by atoms with Gasteiger partial charge in [0.1, 0.15) is 11.0 Å². The van der Waals surface area contributed by atoms with Crippen molar-refractivity contribution in [2.75, 3.05) is 29.9 Å². The van der Waals surface area contributed by atoms with Crippen molar-refractivity contribution in [1.29, 1.82) is 0 Å². The molecular weight excluding hydrogens is 282 g/mol. The van der Waals surface area contributed by atoms with Gasteiger partial charge in [-0.15, -0.1) is 0 Å². The number of rotatable bonds is 3. The smallest absolute Gasteiger partial charge is 0.232 e. The normalized spacial score (nSPS) is 15.2. The summed E-state index contributed by atoms with van der Waals surface area (Å²) in [6.45, 7) is 4.77. The molecular formula is C12H18ClN5S. The fourth-order valence-electron chi connectivity index (χ4n) is 2.05. The van der Waals surface area contributed by atoms with E-state index in [1.165, 1.54) is 19.3 Å². The zero-order valence-corrected chi connectivity index (χ0v) is 12.5. The largest absolute Gasteiger partial charge is 0.363 e. The second kappa shape index (κ2) is 6.86. The van der Waals surface area contributed by atoms with Crippen LogP contribution in [0.1, 0.15) is 26.2 Å². The molecule has 0 radical (unpaired) electrons. The van der Waals surface area contributed by atoms with E-state index in [1.807, 2.05) is 6.92 Å². The third-order valence-electron chi connectivity index (χ3n) is 2.92. The van der Waals surface area contributed by atoms with Gasteiger partial charge in [0.2, 0.25) is 5.95 Å². The first kappa shape index (κ1) is 14.3. The number of hydrogen-bond acceptors (Lipinski definition) is 4.